The van der Waals surface area contributed by atoms with Crippen molar-refractivity contribution in [2.24, 2.45) is 11.5 Å². The van der Waals surface area contributed by atoms with Gasteiger partial charge in [0.25, 0.3) is 0 Å². The predicted molar refractivity (Wildman–Crippen MR) is 96.2 cm³/mol. The maximum absolute atomic E-state index is 12.3. The quantitative estimate of drug-likeness (QED) is 0.132. The Labute approximate surface area is 169 Å². The molecule has 5 unspecified atom stereocenters. The van der Waals surface area contributed by atoms with Crippen molar-refractivity contribution in [3.8, 4) is 0 Å². The first-order valence-corrected chi connectivity index (χ1v) is 8.48. The van der Waals surface area contributed by atoms with Crippen LogP contribution in [0.3, 0.4) is 0 Å². The molecule has 0 saturated heterocycles. The Kier molecular flexibility index (Phi) is 10.9. The zero-order chi connectivity index (χ0) is 23.6. The molecule has 11 N–H and O–H groups in total. The molecule has 4 amide bonds. The Hall–Kier alpha value is -3.30. The lowest BCUT2D eigenvalue weighted by Gasteiger charge is -2.24. The number of carboxylic acids is 2. The van der Waals surface area contributed by atoms with Gasteiger partial charge in [-0.25, -0.2) is 4.79 Å². The highest BCUT2D eigenvalue weighted by Crippen LogP contribution is 1.99. The lowest BCUT2D eigenvalue weighted by atomic mass is 10.1. The first-order chi connectivity index (χ1) is 13.8. The van der Waals surface area contributed by atoms with Gasteiger partial charge >= 0.3 is 11.9 Å². The molecular weight excluding hydrogens is 410 g/mol. The molecular formula is C15H25N5O10. The summed E-state index contributed by atoms with van der Waals surface area (Å²) in [5.74, 6) is -7.48. The number of carbonyl (C=O) groups excluding carboxylic acids is 4. The van der Waals surface area contributed by atoms with Crippen LogP contribution in [0.25, 0.3) is 0 Å². The van der Waals surface area contributed by atoms with Crippen molar-refractivity contribution >= 4 is 35.6 Å². The number of hydrogen-bond acceptors (Lipinski definition) is 9. The van der Waals surface area contributed by atoms with Gasteiger partial charge in [-0.3, -0.25) is 24.0 Å². The normalized spacial score (nSPS) is 15.6. The van der Waals surface area contributed by atoms with Gasteiger partial charge in [0.2, 0.25) is 23.6 Å². The smallest absolute Gasteiger partial charge is 0.328 e. The van der Waals surface area contributed by atoms with Crippen LogP contribution >= 0.6 is 0 Å². The standard InChI is InChI=1S/C15H25N5O10/c1-5(22)11(15(29)30)20-14(28)8(4-21)19-13(27)7(3-10(24)25)18-12(26)6(16)2-9(17)23/h5-8,11,21-22H,2-4,16H2,1H3,(H2,17,23)(H,18,26)(H,19,27)(H,20,28)(H,24,25)(H,29,30). The maximum Gasteiger partial charge on any atom is 0.328 e. The molecule has 170 valence electrons. The molecule has 0 aromatic rings. The van der Waals surface area contributed by atoms with E-state index in [9.17, 15) is 39.0 Å². The number of aliphatic carboxylic acids is 2. The molecule has 0 radical (unpaired) electrons. The van der Waals surface area contributed by atoms with Gasteiger partial charge in [0.15, 0.2) is 6.04 Å². The Morgan fingerprint density at radius 1 is 0.867 bits per heavy atom. The van der Waals surface area contributed by atoms with Crippen LogP contribution in [0.4, 0.5) is 0 Å². The fourth-order valence-corrected chi connectivity index (χ4v) is 2.08. The highest BCUT2D eigenvalue weighted by Gasteiger charge is 2.32. The van der Waals surface area contributed by atoms with Crippen molar-refractivity contribution in [2.75, 3.05) is 6.61 Å². The minimum atomic E-state index is -1.75. The van der Waals surface area contributed by atoms with E-state index in [4.69, 9.17) is 21.7 Å². The highest BCUT2D eigenvalue weighted by atomic mass is 16.4. The lowest BCUT2D eigenvalue weighted by molar-refractivity contribution is -0.146. The van der Waals surface area contributed by atoms with Crippen molar-refractivity contribution < 1.29 is 49.2 Å². The van der Waals surface area contributed by atoms with Gasteiger partial charge < -0.3 is 47.8 Å². The number of hydrogen-bond donors (Lipinski definition) is 9. The van der Waals surface area contributed by atoms with Crippen molar-refractivity contribution in [3.63, 3.8) is 0 Å². The molecule has 0 bridgehead atoms. The SMILES string of the molecule is CC(O)C(NC(=O)C(CO)NC(=O)C(CC(=O)O)NC(=O)C(N)CC(N)=O)C(=O)O. The van der Waals surface area contributed by atoms with Crippen LogP contribution in [0.1, 0.15) is 19.8 Å². The molecule has 0 aromatic carbocycles. The van der Waals surface area contributed by atoms with Gasteiger partial charge in [0, 0.05) is 0 Å². The second kappa shape index (κ2) is 12.3. The molecule has 15 nitrogen and oxygen atoms in total. The molecule has 0 saturated carbocycles. The third-order valence-electron chi connectivity index (χ3n) is 3.63. The van der Waals surface area contributed by atoms with E-state index >= 15 is 0 Å². The fourth-order valence-electron chi connectivity index (χ4n) is 2.08. The molecule has 15 heteroatoms. The van der Waals surface area contributed by atoms with Crippen LogP contribution in [-0.2, 0) is 28.8 Å². The van der Waals surface area contributed by atoms with E-state index in [0.29, 0.717) is 0 Å². The van der Waals surface area contributed by atoms with Crippen molar-refractivity contribution in [3.05, 3.63) is 0 Å². The Morgan fingerprint density at radius 2 is 1.37 bits per heavy atom. The molecule has 30 heavy (non-hydrogen) atoms. The second-order valence-corrected chi connectivity index (χ2v) is 6.24. The van der Waals surface area contributed by atoms with Gasteiger partial charge in [-0.1, -0.05) is 0 Å². The maximum atomic E-state index is 12.3. The Bertz CT molecular complexity index is 683. The number of nitrogens with two attached hydrogens (primary N) is 2. The summed E-state index contributed by atoms with van der Waals surface area (Å²) in [6, 6.07) is -6.69. The first-order valence-electron chi connectivity index (χ1n) is 8.48. The van der Waals surface area contributed by atoms with Crippen LogP contribution in [0, 0.1) is 0 Å². The molecule has 0 fully saturated rings. The molecule has 0 spiro atoms. The minimum absolute atomic E-state index is 0.579. The van der Waals surface area contributed by atoms with E-state index in [1.807, 2.05) is 16.0 Å². The highest BCUT2D eigenvalue weighted by molar-refractivity contribution is 5.96. The zero-order valence-electron chi connectivity index (χ0n) is 15.9. The second-order valence-electron chi connectivity index (χ2n) is 6.24. The first kappa shape index (κ1) is 26.7. The van der Waals surface area contributed by atoms with Gasteiger partial charge in [-0.15, -0.1) is 0 Å². The van der Waals surface area contributed by atoms with E-state index in [1.54, 1.807) is 0 Å². The summed E-state index contributed by atoms with van der Waals surface area (Å²) in [5.41, 5.74) is 10.3. The fraction of sp³-hybridized carbons (Fsp3) is 0.600. The van der Waals surface area contributed by atoms with E-state index in [2.05, 4.69) is 0 Å². The number of nitrogens with one attached hydrogen (secondary N) is 3. The number of aliphatic hydroxyl groups is 2. The monoisotopic (exact) mass is 435 g/mol. The van der Waals surface area contributed by atoms with Crippen molar-refractivity contribution in [1.29, 1.82) is 0 Å². The number of primary amides is 1. The number of aliphatic hydroxyl groups excluding tert-OH is 2. The van der Waals surface area contributed by atoms with Gasteiger partial charge in [-0.2, -0.15) is 0 Å². The summed E-state index contributed by atoms with van der Waals surface area (Å²) in [5, 5.41) is 42.4. The average Bonchev–Trinajstić information content (AvgIpc) is 2.61. The van der Waals surface area contributed by atoms with Crippen molar-refractivity contribution in [2.45, 2.75) is 50.0 Å². The van der Waals surface area contributed by atoms with Crippen LogP contribution < -0.4 is 27.4 Å². The summed E-state index contributed by atoms with van der Waals surface area (Å²) in [6.45, 7) is 0.0675. The number of carbonyl (C=O) groups is 6. The zero-order valence-corrected chi connectivity index (χ0v) is 15.9. The van der Waals surface area contributed by atoms with E-state index in [-0.39, 0.29) is 0 Å². The van der Waals surface area contributed by atoms with E-state index in [1.165, 1.54) is 0 Å². The minimum Gasteiger partial charge on any atom is -0.481 e. The predicted octanol–water partition coefficient (Wildman–Crippen LogP) is -5.42. The molecule has 0 rings (SSSR count). The molecule has 0 aromatic heterocycles. The summed E-state index contributed by atoms with van der Waals surface area (Å²) in [4.78, 5) is 69.1. The van der Waals surface area contributed by atoms with Crippen LogP contribution in [0.15, 0.2) is 0 Å². The van der Waals surface area contributed by atoms with E-state index in [0.717, 1.165) is 6.92 Å². The van der Waals surface area contributed by atoms with Gasteiger partial charge in [0.1, 0.15) is 12.1 Å². The number of rotatable bonds is 13. The van der Waals surface area contributed by atoms with Crippen LogP contribution in [-0.4, -0.2) is 92.9 Å². The van der Waals surface area contributed by atoms with Crippen molar-refractivity contribution in [1.82, 2.24) is 16.0 Å². The van der Waals surface area contributed by atoms with E-state index < -0.39 is 85.3 Å². The summed E-state index contributed by atoms with van der Waals surface area (Å²) < 4.78 is 0. The number of amides is 4. The summed E-state index contributed by atoms with van der Waals surface area (Å²) in [7, 11) is 0. The molecule has 0 heterocycles. The molecule has 0 aliphatic rings. The third-order valence-corrected chi connectivity index (χ3v) is 3.63. The number of carboxylic acid groups (broad SMARTS) is 2. The summed E-state index contributed by atoms with van der Waals surface area (Å²) in [6.07, 6.45) is -3.02. The van der Waals surface area contributed by atoms with Crippen LogP contribution in [0.5, 0.6) is 0 Å². The summed E-state index contributed by atoms with van der Waals surface area (Å²) >= 11 is 0. The van der Waals surface area contributed by atoms with Gasteiger partial charge in [0.05, 0.1) is 31.6 Å². The largest absolute Gasteiger partial charge is 0.481 e. The van der Waals surface area contributed by atoms with Crippen LogP contribution in [0.2, 0.25) is 0 Å². The Balaban J connectivity index is 5.27. The third kappa shape index (κ3) is 9.26. The van der Waals surface area contributed by atoms with Gasteiger partial charge in [-0.05, 0) is 6.92 Å². The topological polar surface area (TPSA) is 271 Å². The lowest BCUT2D eigenvalue weighted by Crippen LogP contribution is -2.59. The molecule has 0 aliphatic heterocycles. The average molecular weight is 435 g/mol. The Morgan fingerprint density at radius 3 is 1.77 bits per heavy atom. The molecule has 5 atom stereocenters. The molecule has 0 aliphatic carbocycles.